The predicted molar refractivity (Wildman–Crippen MR) is 115 cm³/mol. The van der Waals surface area contributed by atoms with Gasteiger partial charge in [0.25, 0.3) is 0 Å². The van der Waals surface area contributed by atoms with Crippen LogP contribution in [-0.2, 0) is 10.2 Å². The van der Waals surface area contributed by atoms with Gasteiger partial charge in [0.15, 0.2) is 0 Å². The molecule has 3 nitrogen and oxygen atoms in total. The van der Waals surface area contributed by atoms with Crippen LogP contribution in [0.25, 0.3) is 0 Å². The Morgan fingerprint density at radius 3 is 2.57 bits per heavy atom. The molecule has 3 unspecified atom stereocenters. The summed E-state index contributed by atoms with van der Waals surface area (Å²) in [6.07, 6.45) is 11.7. The quantitative estimate of drug-likeness (QED) is 0.756. The van der Waals surface area contributed by atoms with Crippen molar-refractivity contribution in [3.63, 3.8) is 0 Å². The lowest BCUT2D eigenvalue weighted by Gasteiger charge is -2.58. The molecule has 4 rings (SSSR count). The summed E-state index contributed by atoms with van der Waals surface area (Å²) in [5, 5.41) is 6.67. The van der Waals surface area contributed by atoms with Gasteiger partial charge >= 0.3 is 0 Å². The first-order valence-electron chi connectivity index (χ1n) is 11.5. The maximum atomic E-state index is 12.6. The highest BCUT2D eigenvalue weighted by Crippen LogP contribution is 2.62. The summed E-state index contributed by atoms with van der Waals surface area (Å²) in [5.41, 5.74) is 2.53. The van der Waals surface area contributed by atoms with E-state index in [0.717, 1.165) is 32.4 Å². The number of rotatable bonds is 5. The molecule has 0 spiro atoms. The zero-order valence-corrected chi connectivity index (χ0v) is 17.9. The van der Waals surface area contributed by atoms with Gasteiger partial charge in [-0.25, -0.2) is 0 Å². The van der Waals surface area contributed by atoms with Crippen LogP contribution in [0.1, 0.15) is 83.6 Å². The third-order valence-corrected chi connectivity index (χ3v) is 7.87. The Hall–Kier alpha value is -1.35. The highest BCUT2D eigenvalue weighted by molar-refractivity contribution is 5.76. The van der Waals surface area contributed by atoms with E-state index in [2.05, 4.69) is 54.8 Å². The van der Waals surface area contributed by atoms with Gasteiger partial charge < -0.3 is 10.6 Å². The maximum absolute atomic E-state index is 12.6. The lowest BCUT2D eigenvalue weighted by molar-refractivity contribution is -0.123. The first kappa shape index (κ1) is 19.9. The van der Waals surface area contributed by atoms with Crippen LogP contribution >= 0.6 is 0 Å². The number of hydrogen-bond donors (Lipinski definition) is 2. The van der Waals surface area contributed by atoms with E-state index in [9.17, 15) is 4.79 Å². The van der Waals surface area contributed by atoms with E-state index in [0.29, 0.717) is 23.3 Å². The van der Waals surface area contributed by atoms with Crippen LogP contribution in [0.4, 0.5) is 0 Å². The summed E-state index contributed by atoms with van der Waals surface area (Å²) in [6.45, 7) is 7.03. The highest BCUT2D eigenvalue weighted by Gasteiger charge is 2.53. The van der Waals surface area contributed by atoms with Gasteiger partial charge in [-0.3, -0.25) is 4.79 Å². The van der Waals surface area contributed by atoms with Crippen LogP contribution in [0.15, 0.2) is 30.3 Å². The number of carbonyl (C=O) groups excluding carboxylic acids is 1. The standard InChI is InChI=1S/C25H38N2O/c1-23-12-6-13-25(18-23,20-7-4-3-5-8-20)19-24(2,17-23)14-9-22(28)27-21-10-15-26-16-11-21/h3-5,7-8,21,26H,6,9-19H2,1-2H3,(H,27,28). The Morgan fingerprint density at radius 2 is 1.82 bits per heavy atom. The minimum absolute atomic E-state index is 0.259. The van der Waals surface area contributed by atoms with E-state index in [4.69, 9.17) is 0 Å². The van der Waals surface area contributed by atoms with Gasteiger partial charge in [0.1, 0.15) is 0 Å². The summed E-state index contributed by atoms with van der Waals surface area (Å²) < 4.78 is 0. The smallest absolute Gasteiger partial charge is 0.220 e. The number of fused-ring (bicyclic) bond motifs is 2. The van der Waals surface area contributed by atoms with E-state index in [-0.39, 0.29) is 11.3 Å². The van der Waals surface area contributed by atoms with Crippen LogP contribution in [0.5, 0.6) is 0 Å². The predicted octanol–water partition coefficient (Wildman–Crippen LogP) is 4.95. The third-order valence-electron chi connectivity index (χ3n) is 7.87. The van der Waals surface area contributed by atoms with E-state index >= 15 is 0 Å². The van der Waals surface area contributed by atoms with E-state index < -0.39 is 0 Å². The molecule has 28 heavy (non-hydrogen) atoms. The van der Waals surface area contributed by atoms with Gasteiger partial charge in [0.2, 0.25) is 5.91 Å². The zero-order chi connectivity index (χ0) is 19.7. The number of carbonyl (C=O) groups is 1. The molecule has 1 aromatic carbocycles. The molecule has 0 radical (unpaired) electrons. The second-order valence-electron chi connectivity index (χ2n) is 10.7. The summed E-state index contributed by atoms with van der Waals surface area (Å²) >= 11 is 0. The van der Waals surface area contributed by atoms with Gasteiger partial charge in [0.05, 0.1) is 0 Å². The zero-order valence-electron chi connectivity index (χ0n) is 17.9. The monoisotopic (exact) mass is 382 g/mol. The van der Waals surface area contributed by atoms with Gasteiger partial charge in [-0.05, 0) is 86.3 Å². The molecular formula is C25H38N2O. The van der Waals surface area contributed by atoms with Crippen molar-refractivity contribution < 1.29 is 4.79 Å². The van der Waals surface area contributed by atoms with Crippen LogP contribution < -0.4 is 10.6 Å². The molecule has 3 atom stereocenters. The molecule has 154 valence electrons. The number of hydrogen-bond acceptors (Lipinski definition) is 2. The van der Waals surface area contributed by atoms with Gasteiger partial charge in [-0.1, -0.05) is 50.6 Å². The summed E-state index contributed by atoms with van der Waals surface area (Å²) in [4.78, 5) is 12.6. The highest BCUT2D eigenvalue weighted by atomic mass is 16.1. The summed E-state index contributed by atoms with van der Waals surface area (Å²) in [6, 6.07) is 11.6. The first-order chi connectivity index (χ1) is 13.4. The number of piperidine rings is 1. The largest absolute Gasteiger partial charge is 0.353 e. The molecule has 1 amide bonds. The maximum Gasteiger partial charge on any atom is 0.220 e. The Kier molecular flexibility index (Phi) is 5.57. The van der Waals surface area contributed by atoms with Crippen LogP contribution in [0.3, 0.4) is 0 Å². The lowest BCUT2D eigenvalue weighted by atomic mass is 9.47. The number of amides is 1. The molecule has 3 fully saturated rings. The van der Waals surface area contributed by atoms with Crippen molar-refractivity contribution in [2.45, 2.75) is 89.5 Å². The SMILES string of the molecule is CC12CCCC(c3ccccc3)(C1)CC(C)(CCC(=O)NC1CCNCC1)C2. The Bertz CT molecular complexity index is 683. The minimum atomic E-state index is 0.259. The van der Waals surface area contributed by atoms with Crippen LogP contribution in [0.2, 0.25) is 0 Å². The lowest BCUT2D eigenvalue weighted by Crippen LogP contribution is -2.49. The van der Waals surface area contributed by atoms with Crippen LogP contribution in [-0.4, -0.2) is 25.0 Å². The Balaban J connectivity index is 1.45. The molecule has 1 heterocycles. The second kappa shape index (κ2) is 7.82. The van der Waals surface area contributed by atoms with Crippen molar-refractivity contribution in [2.24, 2.45) is 10.8 Å². The molecule has 0 aromatic heterocycles. The second-order valence-corrected chi connectivity index (χ2v) is 10.7. The molecule has 2 saturated carbocycles. The third kappa shape index (κ3) is 4.30. The Morgan fingerprint density at radius 1 is 1.07 bits per heavy atom. The molecule has 2 N–H and O–H groups in total. The summed E-state index contributed by atoms with van der Waals surface area (Å²) in [7, 11) is 0. The average Bonchev–Trinajstić information content (AvgIpc) is 2.67. The molecule has 1 aliphatic heterocycles. The molecule has 1 aromatic rings. The van der Waals surface area contributed by atoms with Gasteiger partial charge in [0, 0.05) is 12.5 Å². The first-order valence-corrected chi connectivity index (χ1v) is 11.5. The van der Waals surface area contributed by atoms with Crippen molar-refractivity contribution in [1.29, 1.82) is 0 Å². The minimum Gasteiger partial charge on any atom is -0.353 e. The molecule has 3 aliphatic rings. The van der Waals surface area contributed by atoms with E-state index in [1.54, 1.807) is 0 Å². The van der Waals surface area contributed by atoms with Gasteiger partial charge in [-0.2, -0.15) is 0 Å². The fourth-order valence-electron chi connectivity index (χ4n) is 7.06. The fraction of sp³-hybridized carbons (Fsp3) is 0.720. The molecule has 2 bridgehead atoms. The molecule has 1 saturated heterocycles. The van der Waals surface area contributed by atoms with Crippen molar-refractivity contribution in [2.75, 3.05) is 13.1 Å². The van der Waals surface area contributed by atoms with Crippen molar-refractivity contribution in [1.82, 2.24) is 10.6 Å². The summed E-state index contributed by atoms with van der Waals surface area (Å²) in [5.74, 6) is 0.266. The number of benzene rings is 1. The van der Waals surface area contributed by atoms with Crippen LogP contribution in [0, 0.1) is 10.8 Å². The Labute approximate surface area is 171 Å². The normalized spacial score (nSPS) is 36.1. The van der Waals surface area contributed by atoms with Crippen molar-refractivity contribution in [3.05, 3.63) is 35.9 Å². The van der Waals surface area contributed by atoms with Gasteiger partial charge in [-0.15, -0.1) is 0 Å². The van der Waals surface area contributed by atoms with E-state index in [1.807, 2.05) is 0 Å². The number of nitrogens with one attached hydrogen (secondary N) is 2. The van der Waals surface area contributed by atoms with Crippen molar-refractivity contribution >= 4 is 5.91 Å². The molecule has 3 heteroatoms. The molecular weight excluding hydrogens is 344 g/mol. The van der Waals surface area contributed by atoms with E-state index in [1.165, 1.54) is 44.1 Å². The topological polar surface area (TPSA) is 41.1 Å². The average molecular weight is 383 g/mol. The fourth-order valence-corrected chi connectivity index (χ4v) is 7.06. The van der Waals surface area contributed by atoms with Crippen molar-refractivity contribution in [3.8, 4) is 0 Å². The molecule has 2 aliphatic carbocycles.